The Bertz CT molecular complexity index is 921. The zero-order valence-electron chi connectivity index (χ0n) is 15.8. The van der Waals surface area contributed by atoms with Crippen LogP contribution in [0.4, 0.5) is 0 Å². The number of fused-ring (bicyclic) bond motifs is 1. The quantitative estimate of drug-likeness (QED) is 0.514. The van der Waals surface area contributed by atoms with Gasteiger partial charge < -0.3 is 0 Å². The molecular formula is C23H25N3O. The van der Waals surface area contributed by atoms with E-state index in [9.17, 15) is 4.79 Å². The van der Waals surface area contributed by atoms with Crippen molar-refractivity contribution < 1.29 is 4.79 Å². The van der Waals surface area contributed by atoms with E-state index < -0.39 is 0 Å². The number of carbonyl (C=O) groups is 1. The van der Waals surface area contributed by atoms with E-state index in [-0.39, 0.29) is 11.9 Å². The van der Waals surface area contributed by atoms with Crippen LogP contribution in [0.1, 0.15) is 18.1 Å². The molecule has 0 heterocycles. The molecule has 138 valence electrons. The molecule has 27 heavy (non-hydrogen) atoms. The van der Waals surface area contributed by atoms with Gasteiger partial charge in [0.15, 0.2) is 0 Å². The number of nitrogens with zero attached hydrogens (tertiary/aromatic N) is 2. The second-order valence-electron chi connectivity index (χ2n) is 6.85. The van der Waals surface area contributed by atoms with E-state index in [0.29, 0.717) is 6.54 Å². The molecule has 1 N–H and O–H groups in total. The summed E-state index contributed by atoms with van der Waals surface area (Å²) in [6, 6.07) is 24.8. The average molecular weight is 359 g/mol. The molecule has 3 aromatic rings. The lowest BCUT2D eigenvalue weighted by Gasteiger charge is -2.23. The number of rotatable bonds is 7. The van der Waals surface area contributed by atoms with Crippen LogP contribution in [0.15, 0.2) is 77.9 Å². The largest absolute Gasteiger partial charge is 0.294 e. The minimum atomic E-state index is -0.116. The molecule has 0 fully saturated rings. The molecule has 4 heteroatoms. The first-order valence-corrected chi connectivity index (χ1v) is 9.17. The summed E-state index contributed by atoms with van der Waals surface area (Å²) in [6.07, 6.45) is 2.59. The van der Waals surface area contributed by atoms with Gasteiger partial charge in [-0.1, -0.05) is 66.7 Å². The number of hydrogen-bond donors (Lipinski definition) is 1. The first-order chi connectivity index (χ1) is 13.1. The van der Waals surface area contributed by atoms with Crippen molar-refractivity contribution in [3.63, 3.8) is 0 Å². The van der Waals surface area contributed by atoms with E-state index in [0.717, 1.165) is 17.4 Å². The van der Waals surface area contributed by atoms with E-state index in [1.54, 1.807) is 6.21 Å². The van der Waals surface area contributed by atoms with Gasteiger partial charge in [0.25, 0.3) is 5.91 Å². The highest BCUT2D eigenvalue weighted by Crippen LogP contribution is 2.14. The molecule has 0 saturated carbocycles. The van der Waals surface area contributed by atoms with Crippen LogP contribution in [0.3, 0.4) is 0 Å². The number of amides is 1. The molecule has 0 radical (unpaired) electrons. The molecule has 3 aromatic carbocycles. The highest BCUT2D eigenvalue weighted by Gasteiger charge is 2.13. The minimum absolute atomic E-state index is 0.116. The number of carbonyl (C=O) groups excluding carboxylic acids is 1. The Morgan fingerprint density at radius 2 is 1.74 bits per heavy atom. The number of likely N-dealkylation sites (N-methyl/N-ethyl adjacent to an activating group) is 1. The molecule has 1 unspecified atom stereocenters. The van der Waals surface area contributed by atoms with Gasteiger partial charge in [0.1, 0.15) is 0 Å². The van der Waals surface area contributed by atoms with Crippen molar-refractivity contribution in [2.75, 3.05) is 13.6 Å². The topological polar surface area (TPSA) is 44.7 Å². The number of benzene rings is 3. The summed E-state index contributed by atoms with van der Waals surface area (Å²) in [6.45, 7) is 2.43. The fraction of sp³-hybridized carbons (Fsp3) is 0.217. The molecule has 0 aliphatic carbocycles. The Morgan fingerprint density at radius 1 is 1.04 bits per heavy atom. The van der Waals surface area contributed by atoms with Crippen LogP contribution in [-0.2, 0) is 11.2 Å². The fourth-order valence-corrected chi connectivity index (χ4v) is 3.00. The maximum absolute atomic E-state index is 12.1. The monoisotopic (exact) mass is 359 g/mol. The van der Waals surface area contributed by atoms with Gasteiger partial charge in [-0.2, -0.15) is 5.10 Å². The highest BCUT2D eigenvalue weighted by atomic mass is 16.2. The van der Waals surface area contributed by atoms with Crippen LogP contribution in [0, 0.1) is 0 Å². The van der Waals surface area contributed by atoms with Crippen molar-refractivity contribution in [2.24, 2.45) is 5.10 Å². The van der Waals surface area contributed by atoms with Crippen LogP contribution >= 0.6 is 0 Å². The predicted molar refractivity (Wildman–Crippen MR) is 112 cm³/mol. The Hall–Kier alpha value is -2.98. The van der Waals surface area contributed by atoms with E-state index in [1.807, 2.05) is 48.3 Å². The van der Waals surface area contributed by atoms with E-state index in [2.05, 4.69) is 53.8 Å². The second-order valence-corrected chi connectivity index (χ2v) is 6.85. The van der Waals surface area contributed by atoms with Crippen molar-refractivity contribution >= 4 is 22.9 Å². The molecule has 0 aromatic heterocycles. The molecule has 0 saturated heterocycles. The first-order valence-electron chi connectivity index (χ1n) is 9.17. The lowest BCUT2D eigenvalue weighted by Crippen LogP contribution is -2.39. The second kappa shape index (κ2) is 9.10. The molecule has 0 spiro atoms. The van der Waals surface area contributed by atoms with Crippen molar-refractivity contribution in [1.82, 2.24) is 10.3 Å². The smallest absolute Gasteiger partial charge is 0.254 e. The third kappa shape index (κ3) is 5.50. The van der Waals surface area contributed by atoms with Crippen LogP contribution in [0.25, 0.3) is 10.8 Å². The standard InChI is InChI=1S/C23H25N3O/c1-18(14-19-8-4-3-5-9-19)26(2)17-23(27)25-24-16-20-12-13-21-10-6-7-11-22(21)15-20/h3-13,15-16,18H,14,17H2,1-2H3,(H,25,27)/b24-16+. The third-order valence-corrected chi connectivity index (χ3v) is 4.70. The van der Waals surface area contributed by atoms with Gasteiger partial charge in [0, 0.05) is 6.04 Å². The Labute approximate surface area is 160 Å². The summed E-state index contributed by atoms with van der Waals surface area (Å²) in [5.41, 5.74) is 4.85. The summed E-state index contributed by atoms with van der Waals surface area (Å²) in [4.78, 5) is 14.2. The van der Waals surface area contributed by atoms with Gasteiger partial charge in [-0.3, -0.25) is 9.69 Å². The molecule has 0 aliphatic rings. The molecule has 0 bridgehead atoms. The maximum Gasteiger partial charge on any atom is 0.254 e. The number of nitrogens with one attached hydrogen (secondary N) is 1. The van der Waals surface area contributed by atoms with E-state index in [1.165, 1.54) is 10.9 Å². The van der Waals surface area contributed by atoms with Gasteiger partial charge in [-0.05, 0) is 48.4 Å². The summed E-state index contributed by atoms with van der Waals surface area (Å²) < 4.78 is 0. The van der Waals surface area contributed by atoms with Crippen molar-refractivity contribution in [3.05, 3.63) is 83.9 Å². The average Bonchev–Trinajstić information content (AvgIpc) is 2.68. The Morgan fingerprint density at radius 3 is 2.52 bits per heavy atom. The van der Waals surface area contributed by atoms with Crippen LogP contribution in [0.5, 0.6) is 0 Å². The molecule has 4 nitrogen and oxygen atoms in total. The molecule has 0 aliphatic heterocycles. The van der Waals surface area contributed by atoms with Crippen molar-refractivity contribution in [1.29, 1.82) is 0 Å². The Balaban J connectivity index is 1.50. The highest BCUT2D eigenvalue weighted by molar-refractivity contribution is 5.90. The molecule has 1 amide bonds. The van der Waals surface area contributed by atoms with Gasteiger partial charge in [-0.25, -0.2) is 5.43 Å². The minimum Gasteiger partial charge on any atom is -0.294 e. The fourth-order valence-electron chi connectivity index (χ4n) is 3.00. The van der Waals surface area contributed by atoms with Gasteiger partial charge in [0.05, 0.1) is 12.8 Å². The maximum atomic E-state index is 12.1. The zero-order valence-corrected chi connectivity index (χ0v) is 15.8. The van der Waals surface area contributed by atoms with Crippen molar-refractivity contribution in [2.45, 2.75) is 19.4 Å². The van der Waals surface area contributed by atoms with Crippen LogP contribution in [-0.4, -0.2) is 36.7 Å². The van der Waals surface area contributed by atoms with Crippen LogP contribution in [0.2, 0.25) is 0 Å². The molecule has 3 rings (SSSR count). The Kier molecular flexibility index (Phi) is 6.34. The summed E-state index contributed by atoms with van der Waals surface area (Å²) in [7, 11) is 1.96. The number of hydrazone groups is 1. The van der Waals surface area contributed by atoms with Gasteiger partial charge in [-0.15, -0.1) is 0 Å². The normalized spacial score (nSPS) is 12.6. The predicted octanol–water partition coefficient (Wildman–Crippen LogP) is 3.85. The lowest BCUT2D eigenvalue weighted by molar-refractivity contribution is -0.122. The summed E-state index contributed by atoms with van der Waals surface area (Å²) in [5, 5.41) is 6.44. The zero-order chi connectivity index (χ0) is 19.1. The third-order valence-electron chi connectivity index (χ3n) is 4.70. The molecule has 1 atom stereocenters. The van der Waals surface area contributed by atoms with Crippen LogP contribution < -0.4 is 5.43 Å². The summed E-state index contributed by atoms with van der Waals surface area (Å²) in [5.74, 6) is -0.116. The van der Waals surface area contributed by atoms with E-state index >= 15 is 0 Å². The van der Waals surface area contributed by atoms with Crippen molar-refractivity contribution in [3.8, 4) is 0 Å². The SMILES string of the molecule is CC(Cc1ccccc1)N(C)CC(=O)N/N=C/c1ccc2ccccc2c1. The van der Waals surface area contributed by atoms with Gasteiger partial charge >= 0.3 is 0 Å². The summed E-state index contributed by atoms with van der Waals surface area (Å²) >= 11 is 0. The van der Waals surface area contributed by atoms with Gasteiger partial charge in [0.2, 0.25) is 0 Å². The molecular weight excluding hydrogens is 334 g/mol. The lowest BCUT2D eigenvalue weighted by atomic mass is 10.1. The first kappa shape index (κ1) is 18.8. The van der Waals surface area contributed by atoms with E-state index in [4.69, 9.17) is 0 Å². The number of hydrogen-bond acceptors (Lipinski definition) is 3.